The van der Waals surface area contributed by atoms with Crippen molar-refractivity contribution >= 4 is 22.9 Å². The molecule has 2 aromatic rings. The van der Waals surface area contributed by atoms with Crippen molar-refractivity contribution in [2.75, 3.05) is 39.9 Å². The first-order valence-electron chi connectivity index (χ1n) is 10.7. The van der Waals surface area contributed by atoms with Gasteiger partial charge in [0.2, 0.25) is 0 Å². The van der Waals surface area contributed by atoms with Gasteiger partial charge in [-0.1, -0.05) is 32.9 Å². The zero-order valence-corrected chi connectivity index (χ0v) is 19.1. The normalized spacial score (nSPS) is 17.2. The molecular formula is C21H32N8O3. The number of rotatable bonds is 6. The SMILES string of the molecule is CN=N/N=C(\N)[C@@H](NC(=O)n1c(=O)n(CCN2CCOCC2)c2ccccc21)C(C)(C)C. The Morgan fingerprint density at radius 1 is 1.19 bits per heavy atom. The summed E-state index contributed by atoms with van der Waals surface area (Å²) in [6.45, 7) is 9.95. The van der Waals surface area contributed by atoms with Crippen LogP contribution in [0.25, 0.3) is 11.0 Å². The van der Waals surface area contributed by atoms with Crippen molar-refractivity contribution < 1.29 is 9.53 Å². The van der Waals surface area contributed by atoms with Crippen LogP contribution in [0.15, 0.2) is 44.5 Å². The molecule has 0 spiro atoms. The molecule has 0 unspecified atom stereocenters. The lowest BCUT2D eigenvalue weighted by atomic mass is 9.86. The Hall–Kier alpha value is -3.05. The van der Waals surface area contributed by atoms with Gasteiger partial charge in [-0.25, -0.2) is 14.2 Å². The van der Waals surface area contributed by atoms with Crippen LogP contribution in [-0.2, 0) is 11.3 Å². The van der Waals surface area contributed by atoms with Crippen molar-refractivity contribution in [1.82, 2.24) is 19.4 Å². The number of amidine groups is 1. The Morgan fingerprint density at radius 2 is 1.84 bits per heavy atom. The number of hydrogen-bond acceptors (Lipinski definition) is 6. The Kier molecular flexibility index (Phi) is 7.41. The van der Waals surface area contributed by atoms with E-state index in [1.807, 2.05) is 32.9 Å². The van der Waals surface area contributed by atoms with Gasteiger partial charge in [-0.2, -0.15) is 5.11 Å². The second-order valence-corrected chi connectivity index (χ2v) is 8.78. The van der Waals surface area contributed by atoms with E-state index in [1.165, 1.54) is 7.05 Å². The minimum absolute atomic E-state index is 0.112. The van der Waals surface area contributed by atoms with Crippen molar-refractivity contribution in [2.45, 2.75) is 33.4 Å². The van der Waals surface area contributed by atoms with E-state index in [-0.39, 0.29) is 5.84 Å². The molecule has 1 aliphatic rings. The number of carbonyl (C=O) groups is 1. The van der Waals surface area contributed by atoms with E-state index in [0.29, 0.717) is 37.3 Å². The summed E-state index contributed by atoms with van der Waals surface area (Å²) < 4.78 is 8.18. The lowest BCUT2D eigenvalue weighted by molar-refractivity contribution is 0.0364. The second-order valence-electron chi connectivity index (χ2n) is 8.78. The molecule has 0 saturated carbocycles. The molecule has 1 aliphatic heterocycles. The van der Waals surface area contributed by atoms with Gasteiger partial charge in [0.05, 0.1) is 37.3 Å². The van der Waals surface area contributed by atoms with Crippen LogP contribution in [0.5, 0.6) is 0 Å². The highest BCUT2D eigenvalue weighted by atomic mass is 16.5. The molecule has 32 heavy (non-hydrogen) atoms. The van der Waals surface area contributed by atoms with Crippen LogP contribution in [0.4, 0.5) is 4.79 Å². The molecule has 2 heterocycles. The summed E-state index contributed by atoms with van der Waals surface area (Å²) in [6.07, 6.45) is 0. The first kappa shape index (κ1) is 23.6. The fourth-order valence-electron chi connectivity index (χ4n) is 3.76. The summed E-state index contributed by atoms with van der Waals surface area (Å²) in [5, 5.41) is 13.9. The van der Waals surface area contributed by atoms with Gasteiger partial charge >= 0.3 is 11.7 Å². The van der Waals surface area contributed by atoms with Gasteiger partial charge in [0.1, 0.15) is 5.84 Å². The second kappa shape index (κ2) is 10.0. The van der Waals surface area contributed by atoms with Crippen LogP contribution in [-0.4, -0.2) is 71.8 Å². The third kappa shape index (κ3) is 5.22. The predicted octanol–water partition coefficient (Wildman–Crippen LogP) is 1.46. The standard InChI is InChI=1S/C21H32N8O3/c1-21(2,3)17(18(22)25-26-23-4)24-19(30)29-16-8-6-5-7-15(16)28(20(29)31)10-9-27-11-13-32-14-12-27/h5-8,17H,9-14H2,1-4H3,(H,24,30)(H2,22,23,25)/t17-/m1/s1. The molecule has 3 N–H and O–H groups in total. The number of hydrogen-bond donors (Lipinski definition) is 2. The molecule has 11 nitrogen and oxygen atoms in total. The minimum Gasteiger partial charge on any atom is -0.384 e. The summed E-state index contributed by atoms with van der Waals surface area (Å²) in [6, 6.07) is 6.05. The predicted molar refractivity (Wildman–Crippen MR) is 123 cm³/mol. The number of benzene rings is 1. The molecule has 1 aromatic carbocycles. The molecule has 1 saturated heterocycles. The molecular weight excluding hydrogens is 412 g/mol. The van der Waals surface area contributed by atoms with Crippen molar-refractivity contribution in [3.05, 3.63) is 34.7 Å². The molecule has 11 heteroatoms. The van der Waals surface area contributed by atoms with Crippen LogP contribution >= 0.6 is 0 Å². The van der Waals surface area contributed by atoms with E-state index in [4.69, 9.17) is 10.5 Å². The number of nitrogens with zero attached hydrogens (tertiary/aromatic N) is 6. The van der Waals surface area contributed by atoms with E-state index in [2.05, 4.69) is 25.7 Å². The number of amides is 1. The van der Waals surface area contributed by atoms with Crippen LogP contribution < -0.4 is 16.7 Å². The van der Waals surface area contributed by atoms with Crippen molar-refractivity contribution in [1.29, 1.82) is 0 Å². The summed E-state index contributed by atoms with van der Waals surface area (Å²) >= 11 is 0. The fourth-order valence-corrected chi connectivity index (χ4v) is 3.76. The first-order chi connectivity index (χ1) is 15.2. The number of ether oxygens (including phenoxy) is 1. The van der Waals surface area contributed by atoms with Gasteiger partial charge < -0.3 is 15.8 Å². The topological polar surface area (TPSA) is 132 Å². The van der Waals surface area contributed by atoms with Crippen LogP contribution in [0.2, 0.25) is 0 Å². The van der Waals surface area contributed by atoms with Crippen LogP contribution in [0, 0.1) is 5.41 Å². The molecule has 0 aliphatic carbocycles. The smallest absolute Gasteiger partial charge is 0.337 e. The maximum Gasteiger partial charge on any atom is 0.337 e. The summed E-state index contributed by atoms with van der Waals surface area (Å²) in [5.74, 6) is 0.112. The number of aromatic nitrogens is 2. The summed E-state index contributed by atoms with van der Waals surface area (Å²) in [4.78, 5) is 28.8. The Bertz CT molecular complexity index is 1060. The van der Waals surface area contributed by atoms with Gasteiger partial charge in [0.25, 0.3) is 0 Å². The van der Waals surface area contributed by atoms with Gasteiger partial charge in [0, 0.05) is 26.2 Å². The summed E-state index contributed by atoms with van der Waals surface area (Å²) in [7, 11) is 1.48. The molecule has 174 valence electrons. The average Bonchev–Trinajstić information content (AvgIpc) is 3.05. The monoisotopic (exact) mass is 444 g/mol. The number of imidazole rings is 1. The highest BCUT2D eigenvalue weighted by Crippen LogP contribution is 2.20. The van der Waals surface area contributed by atoms with E-state index in [9.17, 15) is 9.59 Å². The lowest BCUT2D eigenvalue weighted by Crippen LogP contribution is -2.54. The number of carbonyl (C=O) groups excluding carboxylic acids is 1. The number of morpholine rings is 1. The third-order valence-electron chi connectivity index (χ3n) is 5.46. The molecule has 1 fully saturated rings. The van der Waals surface area contributed by atoms with Gasteiger partial charge in [-0.15, -0.1) is 5.10 Å². The van der Waals surface area contributed by atoms with E-state index < -0.39 is 23.2 Å². The molecule has 0 bridgehead atoms. The number of para-hydroxylation sites is 2. The average molecular weight is 445 g/mol. The van der Waals surface area contributed by atoms with E-state index >= 15 is 0 Å². The fraction of sp³-hybridized carbons (Fsp3) is 0.571. The van der Waals surface area contributed by atoms with Crippen LogP contribution in [0.3, 0.4) is 0 Å². The molecule has 1 amide bonds. The minimum atomic E-state index is -0.650. The number of fused-ring (bicyclic) bond motifs is 1. The highest BCUT2D eigenvalue weighted by Gasteiger charge is 2.31. The van der Waals surface area contributed by atoms with E-state index in [1.54, 1.807) is 16.7 Å². The lowest BCUT2D eigenvalue weighted by Gasteiger charge is -2.30. The maximum atomic E-state index is 13.3. The van der Waals surface area contributed by atoms with Crippen molar-refractivity contribution in [2.24, 2.45) is 26.6 Å². The van der Waals surface area contributed by atoms with E-state index in [0.717, 1.165) is 17.7 Å². The molecule has 3 rings (SSSR count). The van der Waals surface area contributed by atoms with Crippen molar-refractivity contribution in [3.63, 3.8) is 0 Å². The van der Waals surface area contributed by atoms with Crippen LogP contribution in [0.1, 0.15) is 20.8 Å². The maximum absolute atomic E-state index is 13.3. The third-order valence-corrected chi connectivity index (χ3v) is 5.46. The highest BCUT2D eigenvalue weighted by molar-refractivity contribution is 5.94. The number of nitrogens with two attached hydrogens (primary N) is 1. The zero-order valence-electron chi connectivity index (χ0n) is 19.1. The Labute approximate surface area is 186 Å². The van der Waals surface area contributed by atoms with Gasteiger partial charge in [-0.3, -0.25) is 9.47 Å². The van der Waals surface area contributed by atoms with Crippen molar-refractivity contribution in [3.8, 4) is 0 Å². The first-order valence-corrected chi connectivity index (χ1v) is 10.7. The Balaban J connectivity index is 1.92. The largest absolute Gasteiger partial charge is 0.384 e. The Morgan fingerprint density at radius 3 is 2.47 bits per heavy atom. The van der Waals surface area contributed by atoms with Gasteiger partial charge in [0.15, 0.2) is 0 Å². The zero-order chi connectivity index (χ0) is 23.3. The molecule has 0 radical (unpaired) electrons. The molecule has 1 atom stereocenters. The molecule has 1 aromatic heterocycles. The summed E-state index contributed by atoms with van der Waals surface area (Å²) in [5.41, 5.74) is 6.45. The quantitative estimate of drug-likeness (QED) is 0.301. The van der Waals surface area contributed by atoms with Gasteiger partial charge in [-0.05, 0) is 22.8 Å². The number of nitrogens with one attached hydrogen (secondary N) is 1.